The summed E-state index contributed by atoms with van der Waals surface area (Å²) in [5.41, 5.74) is 10.4. The molecule has 19 heavy (non-hydrogen) atoms. The summed E-state index contributed by atoms with van der Waals surface area (Å²) in [6, 6.07) is 1.19. The standard InChI is InChI=1S/C9H12BrFN4O3S/c10-5-3-6(11)8(4-7(5)12)19(17,18)15-2-1-14-9(13)16/h3-4,15H,1-2,12H2,(H3,13,14,16). The number of sulfonamides is 1. The Labute approximate surface area is 117 Å². The van der Waals surface area contributed by atoms with Crippen LogP contribution in [-0.4, -0.2) is 27.5 Å². The van der Waals surface area contributed by atoms with Crippen LogP contribution in [0.4, 0.5) is 14.9 Å². The van der Waals surface area contributed by atoms with Gasteiger partial charge in [0.2, 0.25) is 10.0 Å². The zero-order valence-corrected chi connectivity index (χ0v) is 12.0. The molecule has 6 N–H and O–H groups in total. The zero-order chi connectivity index (χ0) is 14.6. The number of carbonyl (C=O) groups excluding carboxylic acids is 1. The largest absolute Gasteiger partial charge is 0.398 e. The van der Waals surface area contributed by atoms with Crippen LogP contribution in [0.25, 0.3) is 0 Å². The van der Waals surface area contributed by atoms with Crippen LogP contribution in [0, 0.1) is 5.82 Å². The molecule has 106 valence electrons. The zero-order valence-electron chi connectivity index (χ0n) is 9.61. The second kappa shape index (κ2) is 6.17. The van der Waals surface area contributed by atoms with Gasteiger partial charge in [0, 0.05) is 23.2 Å². The van der Waals surface area contributed by atoms with Crippen LogP contribution in [0.1, 0.15) is 0 Å². The Hall–Kier alpha value is -1.39. The van der Waals surface area contributed by atoms with E-state index >= 15 is 0 Å². The van der Waals surface area contributed by atoms with Crippen molar-refractivity contribution >= 4 is 37.7 Å². The van der Waals surface area contributed by atoms with E-state index in [1.807, 2.05) is 0 Å². The van der Waals surface area contributed by atoms with Crippen molar-refractivity contribution in [2.75, 3.05) is 18.8 Å². The number of halogens is 2. The molecular weight excluding hydrogens is 343 g/mol. The van der Waals surface area contributed by atoms with Gasteiger partial charge >= 0.3 is 6.03 Å². The fourth-order valence-corrected chi connectivity index (χ4v) is 2.64. The molecule has 2 amide bonds. The van der Waals surface area contributed by atoms with Crippen molar-refractivity contribution in [2.24, 2.45) is 5.73 Å². The molecule has 1 aromatic carbocycles. The van der Waals surface area contributed by atoms with Gasteiger partial charge in [-0.15, -0.1) is 0 Å². The van der Waals surface area contributed by atoms with Gasteiger partial charge in [-0.05, 0) is 28.1 Å². The van der Waals surface area contributed by atoms with Gasteiger partial charge in [-0.2, -0.15) is 0 Å². The number of hydrogen-bond donors (Lipinski definition) is 4. The normalized spacial score (nSPS) is 11.3. The van der Waals surface area contributed by atoms with Crippen LogP contribution in [0.15, 0.2) is 21.5 Å². The van der Waals surface area contributed by atoms with E-state index < -0.39 is 26.8 Å². The summed E-state index contributed by atoms with van der Waals surface area (Å²) in [5.74, 6) is -0.934. The molecular formula is C9H12BrFN4O3S. The van der Waals surface area contributed by atoms with Crippen molar-refractivity contribution in [3.05, 3.63) is 22.4 Å². The second-order valence-corrected chi connectivity index (χ2v) is 6.08. The van der Waals surface area contributed by atoms with Gasteiger partial charge in [0.05, 0.1) is 0 Å². The minimum atomic E-state index is -4.05. The van der Waals surface area contributed by atoms with Crippen LogP contribution in [-0.2, 0) is 10.0 Å². The van der Waals surface area contributed by atoms with E-state index in [0.717, 1.165) is 12.1 Å². The highest BCUT2D eigenvalue weighted by Gasteiger charge is 2.20. The average Bonchev–Trinajstić information content (AvgIpc) is 2.29. The number of primary amides is 1. The topological polar surface area (TPSA) is 127 Å². The molecule has 1 aromatic rings. The summed E-state index contributed by atoms with van der Waals surface area (Å²) in [7, 11) is -4.05. The summed E-state index contributed by atoms with van der Waals surface area (Å²) in [4.78, 5) is 9.82. The Balaban J connectivity index is 2.83. The van der Waals surface area contributed by atoms with E-state index in [2.05, 4.69) is 26.0 Å². The van der Waals surface area contributed by atoms with Gasteiger partial charge in [0.15, 0.2) is 0 Å². The first-order valence-electron chi connectivity index (χ1n) is 5.01. The number of carbonyl (C=O) groups is 1. The lowest BCUT2D eigenvalue weighted by molar-refractivity contribution is 0.249. The predicted octanol–water partition coefficient (Wildman–Crippen LogP) is 0.117. The van der Waals surface area contributed by atoms with Crippen molar-refractivity contribution in [3.63, 3.8) is 0 Å². The third-order valence-electron chi connectivity index (χ3n) is 2.06. The highest BCUT2D eigenvalue weighted by atomic mass is 79.9. The molecule has 0 aromatic heterocycles. The van der Waals surface area contributed by atoms with Crippen molar-refractivity contribution in [1.82, 2.24) is 10.0 Å². The van der Waals surface area contributed by atoms with E-state index in [4.69, 9.17) is 11.5 Å². The van der Waals surface area contributed by atoms with Gasteiger partial charge in [0.25, 0.3) is 0 Å². The minimum Gasteiger partial charge on any atom is -0.398 e. The molecule has 1 rings (SSSR count). The molecule has 0 aliphatic heterocycles. The highest BCUT2D eigenvalue weighted by molar-refractivity contribution is 9.10. The molecule has 0 fully saturated rings. The third kappa shape index (κ3) is 4.33. The molecule has 0 atom stereocenters. The first kappa shape index (κ1) is 15.7. The Bertz CT molecular complexity index is 593. The average molecular weight is 355 g/mol. The second-order valence-electron chi connectivity index (χ2n) is 3.49. The Kier molecular flexibility index (Phi) is 5.09. The van der Waals surface area contributed by atoms with E-state index in [0.29, 0.717) is 0 Å². The van der Waals surface area contributed by atoms with Crippen LogP contribution in [0.3, 0.4) is 0 Å². The number of nitrogens with one attached hydrogen (secondary N) is 2. The van der Waals surface area contributed by atoms with Gasteiger partial charge in [0.1, 0.15) is 10.7 Å². The lowest BCUT2D eigenvalue weighted by Gasteiger charge is -2.09. The summed E-state index contributed by atoms with van der Waals surface area (Å²) in [5, 5.41) is 2.19. The minimum absolute atomic E-state index is 0.0117. The van der Waals surface area contributed by atoms with Crippen LogP contribution < -0.4 is 21.5 Å². The maximum atomic E-state index is 13.6. The summed E-state index contributed by atoms with van der Waals surface area (Å²) < 4.78 is 39.5. The van der Waals surface area contributed by atoms with Crippen molar-refractivity contribution in [3.8, 4) is 0 Å². The molecule has 0 heterocycles. The van der Waals surface area contributed by atoms with E-state index in [1.54, 1.807) is 0 Å². The van der Waals surface area contributed by atoms with Gasteiger partial charge in [-0.1, -0.05) is 0 Å². The Morgan fingerprint density at radius 3 is 2.58 bits per heavy atom. The quantitative estimate of drug-likeness (QED) is 0.442. The molecule has 0 spiro atoms. The highest BCUT2D eigenvalue weighted by Crippen LogP contribution is 2.25. The van der Waals surface area contributed by atoms with Crippen molar-refractivity contribution < 1.29 is 17.6 Å². The summed E-state index contributed by atoms with van der Waals surface area (Å²) >= 11 is 2.99. The lowest BCUT2D eigenvalue weighted by atomic mass is 10.3. The number of urea groups is 1. The van der Waals surface area contributed by atoms with Gasteiger partial charge in [-0.25, -0.2) is 22.3 Å². The summed E-state index contributed by atoms with van der Waals surface area (Å²) in [6.45, 7) is -0.136. The summed E-state index contributed by atoms with van der Waals surface area (Å²) in [6.07, 6.45) is 0. The van der Waals surface area contributed by atoms with E-state index in [9.17, 15) is 17.6 Å². The maximum absolute atomic E-state index is 13.6. The molecule has 0 saturated carbocycles. The molecule has 0 unspecified atom stereocenters. The van der Waals surface area contributed by atoms with Crippen LogP contribution in [0.5, 0.6) is 0 Å². The monoisotopic (exact) mass is 354 g/mol. The Morgan fingerprint density at radius 2 is 2.00 bits per heavy atom. The molecule has 0 radical (unpaired) electrons. The van der Waals surface area contributed by atoms with Crippen LogP contribution >= 0.6 is 15.9 Å². The van der Waals surface area contributed by atoms with E-state index in [-0.39, 0.29) is 23.2 Å². The third-order valence-corrected chi connectivity index (χ3v) is 4.22. The molecule has 0 saturated heterocycles. The molecule has 0 bridgehead atoms. The maximum Gasteiger partial charge on any atom is 0.312 e. The predicted molar refractivity (Wildman–Crippen MR) is 71.3 cm³/mol. The molecule has 0 aliphatic carbocycles. The SMILES string of the molecule is NC(=O)NCCNS(=O)(=O)c1cc(N)c(Br)cc1F. The lowest BCUT2D eigenvalue weighted by Crippen LogP contribution is -2.37. The number of rotatable bonds is 5. The van der Waals surface area contributed by atoms with Crippen LogP contribution in [0.2, 0.25) is 0 Å². The van der Waals surface area contributed by atoms with Gasteiger partial charge < -0.3 is 16.8 Å². The Morgan fingerprint density at radius 1 is 1.37 bits per heavy atom. The fourth-order valence-electron chi connectivity index (χ4n) is 1.20. The van der Waals surface area contributed by atoms with Crippen molar-refractivity contribution in [2.45, 2.75) is 4.90 Å². The number of nitrogens with two attached hydrogens (primary N) is 2. The number of amides is 2. The molecule has 7 nitrogen and oxygen atoms in total. The van der Waals surface area contributed by atoms with E-state index in [1.165, 1.54) is 0 Å². The first-order chi connectivity index (χ1) is 8.74. The molecule has 10 heteroatoms. The number of hydrogen-bond acceptors (Lipinski definition) is 4. The number of nitrogen functional groups attached to an aromatic ring is 1. The molecule has 0 aliphatic rings. The number of benzene rings is 1. The van der Waals surface area contributed by atoms with Gasteiger partial charge in [-0.3, -0.25) is 0 Å². The smallest absolute Gasteiger partial charge is 0.312 e. The fraction of sp³-hybridized carbons (Fsp3) is 0.222. The number of anilines is 1. The van der Waals surface area contributed by atoms with Crippen molar-refractivity contribution in [1.29, 1.82) is 0 Å². The first-order valence-corrected chi connectivity index (χ1v) is 7.29.